The number of benzene rings is 2. The third kappa shape index (κ3) is 5.67. The van der Waals surface area contributed by atoms with Crippen LogP contribution >= 0.6 is 0 Å². The molecule has 2 aromatic carbocycles. The number of hydrogen-bond acceptors (Lipinski definition) is 4. The van der Waals surface area contributed by atoms with Gasteiger partial charge in [-0.2, -0.15) is 0 Å². The second kappa shape index (κ2) is 9.04. The van der Waals surface area contributed by atoms with Gasteiger partial charge in [-0.05, 0) is 53.6 Å². The highest BCUT2D eigenvalue weighted by molar-refractivity contribution is 7.90. The number of rotatable bonds is 6. The Balaban J connectivity index is 1.59. The highest BCUT2D eigenvalue weighted by Crippen LogP contribution is 2.19. The molecule has 146 valence electrons. The molecule has 0 aliphatic heterocycles. The van der Waals surface area contributed by atoms with E-state index < -0.39 is 15.9 Å². The molecule has 0 radical (unpaired) electrons. The van der Waals surface area contributed by atoms with Crippen molar-refractivity contribution < 1.29 is 13.2 Å². The van der Waals surface area contributed by atoms with Crippen LogP contribution in [0.25, 0.3) is 0 Å². The molecule has 2 amide bonds. The Hall–Kier alpha value is -3.63. The lowest BCUT2D eigenvalue weighted by Crippen LogP contribution is -2.28. The number of amides is 2. The number of hydrogen-bond donors (Lipinski definition) is 2. The molecule has 1 aromatic heterocycles. The first-order chi connectivity index (χ1) is 14.0. The summed E-state index contributed by atoms with van der Waals surface area (Å²) >= 11 is 0. The molecule has 2 N–H and O–H groups in total. The molecule has 29 heavy (non-hydrogen) atoms. The molecule has 0 aliphatic rings. The molecule has 0 bridgehead atoms. The number of urea groups is 1. The van der Waals surface area contributed by atoms with Gasteiger partial charge in [-0.15, -0.1) is 6.42 Å². The summed E-state index contributed by atoms with van der Waals surface area (Å²) in [7, 11) is -3.51. The average molecular weight is 405 g/mol. The molecule has 0 saturated carbocycles. The topological polar surface area (TPSA) is 88.2 Å². The smallest absolute Gasteiger partial charge is 0.319 e. The predicted octanol–water partition coefficient (Wildman–Crippen LogP) is 3.36. The fourth-order valence-electron chi connectivity index (χ4n) is 2.61. The predicted molar refractivity (Wildman–Crippen MR) is 112 cm³/mol. The van der Waals surface area contributed by atoms with Crippen molar-refractivity contribution in [3.63, 3.8) is 0 Å². The minimum atomic E-state index is -3.51. The van der Waals surface area contributed by atoms with E-state index in [2.05, 4.69) is 21.5 Å². The summed E-state index contributed by atoms with van der Waals surface area (Å²) in [4.78, 5) is 16.1. The largest absolute Gasteiger partial charge is 0.334 e. The molecule has 3 rings (SSSR count). The number of sulfone groups is 1. The van der Waals surface area contributed by atoms with Crippen LogP contribution in [0.5, 0.6) is 0 Å². The van der Waals surface area contributed by atoms with Gasteiger partial charge in [-0.25, -0.2) is 13.2 Å². The van der Waals surface area contributed by atoms with Crippen LogP contribution in [0.4, 0.5) is 10.5 Å². The van der Waals surface area contributed by atoms with Gasteiger partial charge in [-0.1, -0.05) is 24.1 Å². The zero-order valence-corrected chi connectivity index (χ0v) is 16.3. The molecule has 0 fully saturated rings. The number of pyridine rings is 1. The highest BCUT2D eigenvalue weighted by Gasteiger charge is 2.15. The SMILES string of the molecule is C#Cc1ccc(CS(=O)(=O)c2ccc(NC(=O)NCc3cccnc3)cc2)cc1. The molecular weight excluding hydrogens is 386 g/mol. The van der Waals surface area contributed by atoms with Gasteiger partial charge in [0.25, 0.3) is 0 Å². The van der Waals surface area contributed by atoms with Crippen molar-refractivity contribution in [3.8, 4) is 12.3 Å². The Morgan fingerprint density at radius 3 is 2.34 bits per heavy atom. The first-order valence-corrected chi connectivity index (χ1v) is 10.4. The van der Waals surface area contributed by atoms with Gasteiger partial charge in [0.05, 0.1) is 10.6 Å². The maximum Gasteiger partial charge on any atom is 0.319 e. The second-order valence-electron chi connectivity index (χ2n) is 6.29. The molecule has 3 aromatic rings. The number of aromatic nitrogens is 1. The third-order valence-corrected chi connectivity index (χ3v) is 5.83. The van der Waals surface area contributed by atoms with Crippen LogP contribution in [0.1, 0.15) is 16.7 Å². The van der Waals surface area contributed by atoms with Crippen LogP contribution in [-0.2, 0) is 22.1 Å². The number of nitrogens with zero attached hydrogens (tertiary/aromatic N) is 1. The standard InChI is InChI=1S/C22H19N3O3S/c1-2-17-5-7-18(8-6-17)16-29(27,28)21-11-9-20(10-12-21)25-22(26)24-15-19-4-3-13-23-14-19/h1,3-14H,15-16H2,(H2,24,25,26). The van der Waals surface area contributed by atoms with Crippen molar-refractivity contribution in [3.05, 3.63) is 89.7 Å². The van der Waals surface area contributed by atoms with Crippen LogP contribution < -0.4 is 10.6 Å². The summed E-state index contributed by atoms with van der Waals surface area (Å²) in [5.74, 6) is 2.37. The van der Waals surface area contributed by atoms with Crippen molar-refractivity contribution in [1.29, 1.82) is 0 Å². The number of anilines is 1. The lowest BCUT2D eigenvalue weighted by atomic mass is 10.2. The molecule has 0 aliphatic carbocycles. The lowest BCUT2D eigenvalue weighted by Gasteiger charge is -2.09. The minimum absolute atomic E-state index is 0.129. The summed E-state index contributed by atoms with van der Waals surface area (Å²) in [6, 6.07) is 16.1. The van der Waals surface area contributed by atoms with Gasteiger partial charge in [0.1, 0.15) is 0 Å². The van der Waals surface area contributed by atoms with E-state index in [0.29, 0.717) is 23.4 Å². The van der Waals surface area contributed by atoms with Gasteiger partial charge < -0.3 is 10.6 Å². The summed E-state index contributed by atoms with van der Waals surface area (Å²) in [6.45, 7) is 0.338. The Bertz CT molecular complexity index is 1120. The monoisotopic (exact) mass is 405 g/mol. The van der Waals surface area contributed by atoms with E-state index in [9.17, 15) is 13.2 Å². The molecule has 0 unspecified atom stereocenters. The van der Waals surface area contributed by atoms with Crippen LogP contribution in [0.3, 0.4) is 0 Å². The first-order valence-electron chi connectivity index (χ1n) is 8.78. The van der Waals surface area contributed by atoms with E-state index in [1.807, 2.05) is 6.07 Å². The van der Waals surface area contributed by atoms with Crippen molar-refractivity contribution in [2.75, 3.05) is 5.32 Å². The molecule has 7 heteroatoms. The maximum absolute atomic E-state index is 12.6. The molecule has 0 atom stereocenters. The van der Waals surface area contributed by atoms with Crippen molar-refractivity contribution in [2.45, 2.75) is 17.2 Å². The Morgan fingerprint density at radius 2 is 1.72 bits per heavy atom. The van der Waals surface area contributed by atoms with Gasteiger partial charge in [0.15, 0.2) is 9.84 Å². The maximum atomic E-state index is 12.6. The Morgan fingerprint density at radius 1 is 1.00 bits per heavy atom. The van der Waals surface area contributed by atoms with Crippen LogP contribution in [0.15, 0.2) is 78.0 Å². The fourth-order valence-corrected chi connectivity index (χ4v) is 3.95. The Labute approximate surface area is 169 Å². The van der Waals surface area contributed by atoms with E-state index in [0.717, 1.165) is 5.56 Å². The average Bonchev–Trinajstić information content (AvgIpc) is 2.74. The van der Waals surface area contributed by atoms with E-state index in [-0.39, 0.29) is 10.6 Å². The molecule has 6 nitrogen and oxygen atoms in total. The van der Waals surface area contributed by atoms with Crippen molar-refractivity contribution in [1.82, 2.24) is 10.3 Å². The second-order valence-corrected chi connectivity index (χ2v) is 8.28. The van der Waals surface area contributed by atoms with Crippen LogP contribution in [0.2, 0.25) is 0 Å². The van der Waals surface area contributed by atoms with Crippen molar-refractivity contribution in [2.24, 2.45) is 0 Å². The van der Waals surface area contributed by atoms with Gasteiger partial charge in [0.2, 0.25) is 0 Å². The summed E-state index contributed by atoms with van der Waals surface area (Å²) in [6.07, 6.45) is 8.63. The molecule has 0 spiro atoms. The zero-order chi connectivity index (χ0) is 20.7. The molecular formula is C22H19N3O3S. The molecule has 1 heterocycles. The van der Waals surface area contributed by atoms with Gasteiger partial charge >= 0.3 is 6.03 Å². The number of carbonyl (C=O) groups is 1. The zero-order valence-electron chi connectivity index (χ0n) is 15.5. The highest BCUT2D eigenvalue weighted by atomic mass is 32.2. The summed E-state index contributed by atoms with van der Waals surface area (Å²) in [5, 5.41) is 5.38. The third-order valence-electron chi connectivity index (χ3n) is 4.12. The number of terminal acetylenes is 1. The number of carbonyl (C=O) groups excluding carboxylic acids is 1. The van der Waals surface area contributed by atoms with Gasteiger partial charge in [0, 0.05) is 30.2 Å². The quantitative estimate of drug-likeness (QED) is 0.616. The van der Waals surface area contributed by atoms with Crippen LogP contribution in [-0.4, -0.2) is 19.4 Å². The normalized spacial score (nSPS) is 10.7. The van der Waals surface area contributed by atoms with Crippen molar-refractivity contribution >= 4 is 21.6 Å². The summed E-state index contributed by atoms with van der Waals surface area (Å²) in [5.41, 5.74) is 2.72. The van der Waals surface area contributed by atoms with E-state index >= 15 is 0 Å². The number of nitrogens with one attached hydrogen (secondary N) is 2. The minimum Gasteiger partial charge on any atom is -0.334 e. The van der Waals surface area contributed by atoms with E-state index in [4.69, 9.17) is 6.42 Å². The Kier molecular flexibility index (Phi) is 6.27. The van der Waals surface area contributed by atoms with E-state index in [1.165, 1.54) is 12.1 Å². The molecule has 0 saturated heterocycles. The first kappa shape index (κ1) is 20.1. The van der Waals surface area contributed by atoms with Crippen LogP contribution in [0, 0.1) is 12.3 Å². The van der Waals surface area contributed by atoms with Gasteiger partial charge in [-0.3, -0.25) is 4.98 Å². The lowest BCUT2D eigenvalue weighted by molar-refractivity contribution is 0.251. The fraction of sp³-hybridized carbons (Fsp3) is 0.0909. The summed E-state index contributed by atoms with van der Waals surface area (Å²) < 4.78 is 25.2. The van der Waals surface area contributed by atoms with E-state index in [1.54, 1.807) is 54.9 Å².